The van der Waals surface area contributed by atoms with Crippen LogP contribution in [0.15, 0.2) is 18.2 Å². The summed E-state index contributed by atoms with van der Waals surface area (Å²) in [5, 5.41) is 0. The zero-order valence-corrected chi connectivity index (χ0v) is 12.9. The van der Waals surface area contributed by atoms with Gasteiger partial charge in [0.05, 0.1) is 12.7 Å². The molecule has 120 valence electrons. The predicted molar refractivity (Wildman–Crippen MR) is 81.5 cm³/mol. The van der Waals surface area contributed by atoms with Crippen molar-refractivity contribution in [2.75, 3.05) is 24.7 Å². The normalized spacial score (nSPS) is 22.5. The Bertz CT molecular complexity index is 543. The monoisotopic (exact) mass is 307 g/mol. The number of carbonyl (C=O) groups is 1. The lowest BCUT2D eigenvalue weighted by atomic mass is 10.1. The molecule has 1 aromatic carbocycles. The molecule has 1 aromatic rings. The zero-order valence-electron chi connectivity index (χ0n) is 12.9. The van der Waals surface area contributed by atoms with Crippen molar-refractivity contribution in [3.63, 3.8) is 0 Å². The summed E-state index contributed by atoms with van der Waals surface area (Å²) in [7, 11) is 0. The van der Waals surface area contributed by atoms with Crippen LogP contribution in [-0.4, -0.2) is 37.9 Å². The van der Waals surface area contributed by atoms with E-state index in [2.05, 4.69) is 0 Å². The molecule has 2 aliphatic heterocycles. The molecule has 1 amide bonds. The maximum absolute atomic E-state index is 13.4. The lowest BCUT2D eigenvalue weighted by molar-refractivity contribution is -0.132. The fourth-order valence-electron chi connectivity index (χ4n) is 3.06. The fraction of sp³-hybridized carbons (Fsp3) is 0.588. The van der Waals surface area contributed by atoms with E-state index in [0.29, 0.717) is 18.8 Å². The van der Waals surface area contributed by atoms with Crippen LogP contribution >= 0.6 is 0 Å². The maximum Gasteiger partial charge on any atom is 0.255 e. The van der Waals surface area contributed by atoms with E-state index in [-0.39, 0.29) is 17.8 Å². The van der Waals surface area contributed by atoms with Crippen LogP contribution in [0.1, 0.15) is 31.7 Å². The first kappa shape index (κ1) is 15.4. The van der Waals surface area contributed by atoms with Gasteiger partial charge in [0, 0.05) is 18.8 Å². The highest BCUT2D eigenvalue weighted by Gasteiger charge is 2.29. The Morgan fingerprint density at radius 1 is 1.50 bits per heavy atom. The molecular formula is C17H22FNO3. The molecule has 0 aromatic heterocycles. The number of anilines is 1. The number of benzene rings is 1. The second kappa shape index (κ2) is 6.75. The number of fused-ring (bicyclic) bond motifs is 1. The van der Waals surface area contributed by atoms with E-state index in [1.165, 1.54) is 12.1 Å². The molecule has 0 N–H and O–H groups in total. The molecule has 2 heterocycles. The smallest absolute Gasteiger partial charge is 0.255 e. The number of hydrogen-bond donors (Lipinski definition) is 0. The topological polar surface area (TPSA) is 38.8 Å². The van der Waals surface area contributed by atoms with Crippen molar-refractivity contribution in [2.45, 2.75) is 44.8 Å². The number of nitrogens with zero attached hydrogens (tertiary/aromatic N) is 1. The molecule has 0 spiro atoms. The highest BCUT2D eigenvalue weighted by Crippen LogP contribution is 2.29. The molecule has 1 fully saturated rings. The molecule has 3 rings (SSSR count). The van der Waals surface area contributed by atoms with Gasteiger partial charge in [-0.3, -0.25) is 4.79 Å². The van der Waals surface area contributed by atoms with E-state index in [0.717, 1.165) is 37.9 Å². The van der Waals surface area contributed by atoms with Gasteiger partial charge in [0.25, 0.3) is 5.91 Å². The lowest BCUT2D eigenvalue weighted by Gasteiger charge is -2.26. The first-order valence-electron chi connectivity index (χ1n) is 7.98. The Morgan fingerprint density at radius 2 is 2.36 bits per heavy atom. The molecule has 0 radical (unpaired) electrons. The molecule has 0 bridgehead atoms. The maximum atomic E-state index is 13.4. The van der Waals surface area contributed by atoms with Crippen molar-refractivity contribution in [1.29, 1.82) is 0 Å². The summed E-state index contributed by atoms with van der Waals surface area (Å²) in [5.41, 5.74) is 1.69. The van der Waals surface area contributed by atoms with Crippen LogP contribution in [0.4, 0.5) is 10.1 Å². The van der Waals surface area contributed by atoms with Crippen LogP contribution in [0.5, 0.6) is 0 Å². The minimum atomic E-state index is -0.542. The number of rotatable bonds is 4. The molecule has 2 atom stereocenters. The van der Waals surface area contributed by atoms with Crippen LogP contribution in [0.2, 0.25) is 0 Å². The molecule has 0 aliphatic carbocycles. The van der Waals surface area contributed by atoms with E-state index in [4.69, 9.17) is 9.47 Å². The Labute approximate surface area is 130 Å². The van der Waals surface area contributed by atoms with Gasteiger partial charge in [-0.25, -0.2) is 4.39 Å². The third-order valence-electron chi connectivity index (χ3n) is 4.36. The Hall–Kier alpha value is -1.46. The van der Waals surface area contributed by atoms with Crippen LogP contribution in [0.3, 0.4) is 0 Å². The summed E-state index contributed by atoms with van der Waals surface area (Å²) in [6.07, 6.45) is 3.54. The van der Waals surface area contributed by atoms with Crippen LogP contribution in [-0.2, 0) is 20.7 Å². The number of halogens is 1. The summed E-state index contributed by atoms with van der Waals surface area (Å²) in [4.78, 5) is 14.2. The largest absolute Gasteiger partial charge is 0.376 e. The molecule has 0 unspecified atom stereocenters. The molecule has 22 heavy (non-hydrogen) atoms. The summed E-state index contributed by atoms with van der Waals surface area (Å²) in [5.74, 6) is -0.428. The Kier molecular flexibility index (Phi) is 4.74. The van der Waals surface area contributed by atoms with Gasteiger partial charge in [-0.05, 0) is 50.3 Å². The number of amides is 1. The van der Waals surface area contributed by atoms with Gasteiger partial charge in [-0.1, -0.05) is 6.07 Å². The lowest BCUT2D eigenvalue weighted by Crippen LogP contribution is -2.39. The van der Waals surface area contributed by atoms with Crippen molar-refractivity contribution in [3.05, 3.63) is 29.6 Å². The molecule has 5 heteroatoms. The van der Waals surface area contributed by atoms with Gasteiger partial charge in [-0.2, -0.15) is 0 Å². The van der Waals surface area contributed by atoms with Gasteiger partial charge in [0.2, 0.25) is 0 Å². The van der Waals surface area contributed by atoms with Gasteiger partial charge in [0.15, 0.2) is 0 Å². The second-order valence-corrected chi connectivity index (χ2v) is 5.98. The molecule has 2 aliphatic rings. The zero-order chi connectivity index (χ0) is 15.5. The Balaban J connectivity index is 1.58. The van der Waals surface area contributed by atoms with E-state index in [9.17, 15) is 9.18 Å². The highest BCUT2D eigenvalue weighted by molar-refractivity contribution is 5.98. The van der Waals surface area contributed by atoms with Crippen molar-refractivity contribution >= 4 is 11.6 Å². The van der Waals surface area contributed by atoms with E-state index >= 15 is 0 Å². The number of carbonyl (C=O) groups excluding carboxylic acids is 1. The summed E-state index contributed by atoms with van der Waals surface area (Å²) in [6, 6.07) is 4.61. The van der Waals surface area contributed by atoms with Crippen LogP contribution in [0.25, 0.3) is 0 Å². The van der Waals surface area contributed by atoms with E-state index in [1.807, 2.05) is 0 Å². The Morgan fingerprint density at radius 3 is 3.14 bits per heavy atom. The third kappa shape index (κ3) is 3.31. The van der Waals surface area contributed by atoms with Crippen molar-refractivity contribution in [2.24, 2.45) is 0 Å². The fourth-order valence-corrected chi connectivity index (χ4v) is 3.06. The molecule has 0 saturated carbocycles. The SMILES string of the molecule is C[C@@H](OC[C@H]1CCCCO1)C(=O)N1CCc2ccc(F)cc21. The summed E-state index contributed by atoms with van der Waals surface area (Å²) < 4.78 is 24.7. The quantitative estimate of drug-likeness (QED) is 0.858. The highest BCUT2D eigenvalue weighted by atomic mass is 19.1. The van der Waals surface area contributed by atoms with Crippen molar-refractivity contribution in [3.8, 4) is 0 Å². The number of ether oxygens (including phenoxy) is 2. The van der Waals surface area contributed by atoms with Gasteiger partial charge >= 0.3 is 0 Å². The summed E-state index contributed by atoms with van der Waals surface area (Å²) in [6.45, 7) is 3.56. The summed E-state index contributed by atoms with van der Waals surface area (Å²) >= 11 is 0. The first-order valence-corrected chi connectivity index (χ1v) is 7.98. The van der Waals surface area contributed by atoms with Gasteiger partial charge in [0.1, 0.15) is 11.9 Å². The van der Waals surface area contributed by atoms with Crippen molar-refractivity contribution < 1.29 is 18.7 Å². The van der Waals surface area contributed by atoms with E-state index < -0.39 is 6.10 Å². The molecule has 4 nitrogen and oxygen atoms in total. The standard InChI is InChI=1S/C17H22FNO3/c1-12(22-11-15-4-2-3-9-21-15)17(20)19-8-7-13-5-6-14(18)10-16(13)19/h5-6,10,12,15H,2-4,7-9,11H2,1H3/t12-,15-/m1/s1. The van der Waals surface area contributed by atoms with Crippen molar-refractivity contribution in [1.82, 2.24) is 0 Å². The minimum absolute atomic E-state index is 0.0901. The van der Waals surface area contributed by atoms with Crippen LogP contribution < -0.4 is 4.90 Å². The van der Waals surface area contributed by atoms with Crippen LogP contribution in [0, 0.1) is 5.82 Å². The average molecular weight is 307 g/mol. The molecular weight excluding hydrogens is 285 g/mol. The first-order chi connectivity index (χ1) is 10.6. The average Bonchev–Trinajstić information content (AvgIpc) is 2.95. The van der Waals surface area contributed by atoms with Gasteiger partial charge < -0.3 is 14.4 Å². The second-order valence-electron chi connectivity index (χ2n) is 5.98. The minimum Gasteiger partial charge on any atom is -0.376 e. The van der Waals surface area contributed by atoms with E-state index in [1.54, 1.807) is 17.9 Å². The van der Waals surface area contributed by atoms with Gasteiger partial charge in [-0.15, -0.1) is 0 Å². The third-order valence-corrected chi connectivity index (χ3v) is 4.36. The molecule has 1 saturated heterocycles. The predicted octanol–water partition coefficient (Wildman–Crippen LogP) is 2.69. The number of hydrogen-bond acceptors (Lipinski definition) is 3.